The summed E-state index contributed by atoms with van der Waals surface area (Å²) in [6, 6.07) is 17.2. The fourth-order valence-electron chi connectivity index (χ4n) is 4.29. The Bertz CT molecular complexity index is 730. The SMILES string of the molecule is Cc1cc(F)cc(C2=CC3CCCC(C2)N3Cc2ccccc2)c1. The number of aryl methyl sites for hydroxylation is 1. The van der Waals surface area contributed by atoms with Gasteiger partial charge < -0.3 is 0 Å². The van der Waals surface area contributed by atoms with E-state index >= 15 is 0 Å². The highest BCUT2D eigenvalue weighted by atomic mass is 19.1. The molecule has 0 N–H and O–H groups in total. The van der Waals surface area contributed by atoms with E-state index in [1.54, 1.807) is 12.1 Å². The molecule has 1 nitrogen and oxygen atoms in total. The molecule has 2 aliphatic heterocycles. The highest BCUT2D eigenvalue weighted by molar-refractivity contribution is 5.68. The van der Waals surface area contributed by atoms with Crippen molar-refractivity contribution in [3.63, 3.8) is 0 Å². The van der Waals surface area contributed by atoms with Crippen LogP contribution in [0.15, 0.2) is 54.6 Å². The van der Waals surface area contributed by atoms with Crippen LogP contribution in [0.1, 0.15) is 42.4 Å². The predicted molar refractivity (Wildman–Crippen MR) is 97.1 cm³/mol. The lowest BCUT2D eigenvalue weighted by molar-refractivity contribution is 0.0951. The quantitative estimate of drug-likeness (QED) is 0.737. The van der Waals surface area contributed by atoms with Crippen LogP contribution in [-0.2, 0) is 6.54 Å². The van der Waals surface area contributed by atoms with Crippen molar-refractivity contribution >= 4 is 5.57 Å². The van der Waals surface area contributed by atoms with Crippen molar-refractivity contribution < 1.29 is 4.39 Å². The van der Waals surface area contributed by atoms with Crippen LogP contribution < -0.4 is 0 Å². The molecule has 1 fully saturated rings. The second-order valence-electron chi connectivity index (χ2n) is 7.22. The van der Waals surface area contributed by atoms with Crippen molar-refractivity contribution in [2.75, 3.05) is 0 Å². The first kappa shape index (κ1) is 15.6. The van der Waals surface area contributed by atoms with Gasteiger partial charge >= 0.3 is 0 Å². The summed E-state index contributed by atoms with van der Waals surface area (Å²) in [6.45, 7) is 2.99. The third-order valence-electron chi connectivity index (χ3n) is 5.40. The summed E-state index contributed by atoms with van der Waals surface area (Å²) < 4.78 is 13.8. The molecule has 2 heterocycles. The number of halogens is 1. The largest absolute Gasteiger partial charge is 0.289 e. The molecular weight excluding hydrogens is 297 g/mol. The molecule has 2 aromatic carbocycles. The maximum atomic E-state index is 13.8. The Kier molecular flexibility index (Phi) is 4.24. The van der Waals surface area contributed by atoms with Crippen LogP contribution in [0.4, 0.5) is 4.39 Å². The molecule has 24 heavy (non-hydrogen) atoms. The van der Waals surface area contributed by atoms with Crippen molar-refractivity contribution in [3.8, 4) is 0 Å². The van der Waals surface area contributed by atoms with Gasteiger partial charge in [-0.15, -0.1) is 0 Å². The van der Waals surface area contributed by atoms with Crippen molar-refractivity contribution in [2.24, 2.45) is 0 Å². The van der Waals surface area contributed by atoms with Gasteiger partial charge in [-0.05, 0) is 60.6 Å². The zero-order valence-corrected chi connectivity index (χ0v) is 14.2. The summed E-state index contributed by atoms with van der Waals surface area (Å²) in [7, 11) is 0. The molecule has 0 amide bonds. The first-order valence-corrected chi connectivity index (χ1v) is 8.97. The maximum absolute atomic E-state index is 13.8. The Morgan fingerprint density at radius 2 is 1.92 bits per heavy atom. The minimum Gasteiger partial charge on any atom is -0.289 e. The van der Waals surface area contributed by atoms with Crippen LogP contribution in [0, 0.1) is 12.7 Å². The fourth-order valence-corrected chi connectivity index (χ4v) is 4.29. The summed E-state index contributed by atoms with van der Waals surface area (Å²) in [4.78, 5) is 2.65. The second-order valence-corrected chi connectivity index (χ2v) is 7.22. The lowest BCUT2D eigenvalue weighted by atomic mass is 9.82. The van der Waals surface area contributed by atoms with Crippen molar-refractivity contribution in [3.05, 3.63) is 77.1 Å². The summed E-state index contributed by atoms with van der Waals surface area (Å²) in [6.07, 6.45) is 7.18. The van der Waals surface area contributed by atoms with Gasteiger partial charge in [-0.2, -0.15) is 0 Å². The molecule has 0 aromatic heterocycles. The first-order chi connectivity index (χ1) is 11.7. The van der Waals surface area contributed by atoms with E-state index in [4.69, 9.17) is 0 Å². The number of fused-ring (bicyclic) bond motifs is 2. The van der Waals surface area contributed by atoms with E-state index in [0.29, 0.717) is 12.1 Å². The molecule has 2 atom stereocenters. The first-order valence-electron chi connectivity index (χ1n) is 8.97. The topological polar surface area (TPSA) is 3.24 Å². The minimum absolute atomic E-state index is 0.122. The number of nitrogens with zero attached hydrogens (tertiary/aromatic N) is 1. The van der Waals surface area contributed by atoms with Crippen molar-refractivity contribution in [1.29, 1.82) is 0 Å². The molecule has 2 heteroatoms. The monoisotopic (exact) mass is 321 g/mol. The van der Waals surface area contributed by atoms with E-state index < -0.39 is 0 Å². The summed E-state index contributed by atoms with van der Waals surface area (Å²) in [5.74, 6) is -0.122. The standard InChI is InChI=1S/C22H24FN/c1-16-10-18(12-20(23)11-16)19-13-21-8-5-9-22(14-19)24(21)15-17-6-3-2-4-7-17/h2-4,6-7,10-13,21-22H,5,8-9,14-15H2,1H3. The smallest absolute Gasteiger partial charge is 0.124 e. The van der Waals surface area contributed by atoms with E-state index in [2.05, 4.69) is 47.4 Å². The van der Waals surface area contributed by atoms with E-state index in [1.807, 2.05) is 6.92 Å². The summed E-state index contributed by atoms with van der Waals surface area (Å²) in [5.41, 5.74) is 4.79. The number of hydrogen-bond acceptors (Lipinski definition) is 1. The number of rotatable bonds is 3. The Morgan fingerprint density at radius 3 is 2.67 bits per heavy atom. The third kappa shape index (κ3) is 3.16. The molecule has 124 valence electrons. The minimum atomic E-state index is -0.122. The number of piperidine rings is 1. The average molecular weight is 321 g/mol. The molecular formula is C22H24FN. The Hall–Kier alpha value is -1.93. The highest BCUT2D eigenvalue weighted by Crippen LogP contribution is 2.38. The van der Waals surface area contributed by atoms with Crippen LogP contribution in [0.3, 0.4) is 0 Å². The molecule has 2 bridgehead atoms. The van der Waals surface area contributed by atoms with Gasteiger partial charge in [-0.25, -0.2) is 4.39 Å². The predicted octanol–water partition coefficient (Wildman–Crippen LogP) is 5.34. The molecule has 0 radical (unpaired) electrons. The third-order valence-corrected chi connectivity index (χ3v) is 5.40. The lowest BCUT2D eigenvalue weighted by Gasteiger charge is -2.45. The zero-order chi connectivity index (χ0) is 16.5. The molecule has 0 spiro atoms. The molecule has 0 aliphatic carbocycles. The number of benzene rings is 2. The Labute approximate surface area is 143 Å². The second kappa shape index (κ2) is 6.52. The number of hydrogen-bond donors (Lipinski definition) is 0. The molecule has 1 saturated heterocycles. The van der Waals surface area contributed by atoms with Gasteiger partial charge in [-0.1, -0.05) is 48.9 Å². The zero-order valence-electron chi connectivity index (χ0n) is 14.2. The summed E-state index contributed by atoms with van der Waals surface area (Å²) >= 11 is 0. The summed E-state index contributed by atoms with van der Waals surface area (Å²) in [5, 5.41) is 0. The Balaban J connectivity index is 1.62. The molecule has 2 aromatic rings. The molecule has 2 aliphatic rings. The maximum Gasteiger partial charge on any atom is 0.124 e. The van der Waals surface area contributed by atoms with Crippen molar-refractivity contribution in [1.82, 2.24) is 4.90 Å². The van der Waals surface area contributed by atoms with Crippen LogP contribution >= 0.6 is 0 Å². The van der Waals surface area contributed by atoms with E-state index in [-0.39, 0.29) is 5.82 Å². The fraction of sp³-hybridized carbons (Fsp3) is 0.364. The van der Waals surface area contributed by atoms with Gasteiger partial charge in [0.1, 0.15) is 5.82 Å². The molecule has 2 unspecified atom stereocenters. The van der Waals surface area contributed by atoms with Crippen molar-refractivity contribution in [2.45, 2.75) is 51.2 Å². The highest BCUT2D eigenvalue weighted by Gasteiger charge is 2.34. The molecule has 0 saturated carbocycles. The van der Waals surface area contributed by atoms with E-state index in [9.17, 15) is 4.39 Å². The Morgan fingerprint density at radius 1 is 1.08 bits per heavy atom. The van der Waals surface area contributed by atoms with Gasteiger partial charge in [0.25, 0.3) is 0 Å². The molecule has 4 rings (SSSR count). The van der Waals surface area contributed by atoms with Gasteiger partial charge in [0.05, 0.1) is 0 Å². The van der Waals surface area contributed by atoms with Crippen LogP contribution in [0.25, 0.3) is 5.57 Å². The van der Waals surface area contributed by atoms with E-state index in [1.165, 1.54) is 30.4 Å². The van der Waals surface area contributed by atoms with Gasteiger partial charge in [0.15, 0.2) is 0 Å². The van der Waals surface area contributed by atoms with Crippen LogP contribution in [0.2, 0.25) is 0 Å². The normalized spacial score (nSPS) is 23.8. The lowest BCUT2D eigenvalue weighted by Crippen LogP contribution is -2.47. The van der Waals surface area contributed by atoms with Crippen LogP contribution in [0.5, 0.6) is 0 Å². The van der Waals surface area contributed by atoms with Gasteiger partial charge in [0.2, 0.25) is 0 Å². The average Bonchev–Trinajstić information content (AvgIpc) is 2.54. The van der Waals surface area contributed by atoms with E-state index in [0.717, 1.165) is 24.1 Å². The van der Waals surface area contributed by atoms with Gasteiger partial charge in [0, 0.05) is 18.6 Å². The van der Waals surface area contributed by atoms with Gasteiger partial charge in [-0.3, -0.25) is 4.90 Å². The van der Waals surface area contributed by atoms with Crippen LogP contribution in [-0.4, -0.2) is 17.0 Å².